The molecule has 5 rings (SSSR count). The molecule has 0 aromatic heterocycles. The average Bonchev–Trinajstić information content (AvgIpc) is 3.23. The third-order valence-electron chi connectivity index (χ3n) is 5.19. The number of fused-ring (bicyclic) bond motifs is 1. The zero-order chi connectivity index (χ0) is 20.7. The van der Waals surface area contributed by atoms with Crippen molar-refractivity contribution in [3.8, 4) is 17.2 Å². The van der Waals surface area contributed by atoms with Crippen LogP contribution in [0.3, 0.4) is 0 Å². The topological polar surface area (TPSA) is 62.8 Å². The minimum atomic E-state index is -0.272. The molecule has 0 saturated carbocycles. The first kappa shape index (κ1) is 19.1. The molecule has 2 heterocycles. The third kappa shape index (κ3) is 3.67. The molecule has 2 unspecified atom stereocenters. The summed E-state index contributed by atoms with van der Waals surface area (Å²) in [4.78, 5) is 0. The van der Waals surface area contributed by atoms with Crippen molar-refractivity contribution in [1.29, 1.82) is 0 Å². The first-order valence-corrected chi connectivity index (χ1v) is 10.2. The highest BCUT2D eigenvalue weighted by Gasteiger charge is 2.26. The third-order valence-corrected chi connectivity index (χ3v) is 5.68. The molecular weight excluding hydrogens is 423 g/mol. The molecule has 2 aliphatic rings. The van der Waals surface area contributed by atoms with E-state index in [0.717, 1.165) is 22.6 Å². The van der Waals surface area contributed by atoms with Crippen molar-refractivity contribution < 1.29 is 14.6 Å². The maximum absolute atomic E-state index is 10.5. The van der Waals surface area contributed by atoms with Crippen molar-refractivity contribution in [2.45, 2.75) is 12.2 Å². The first-order chi connectivity index (χ1) is 14.6. The van der Waals surface area contributed by atoms with Gasteiger partial charge in [-0.25, -0.2) is 0 Å². The van der Waals surface area contributed by atoms with Crippen LogP contribution < -0.4 is 20.1 Å². The molecular formula is C23H18Cl2N2O3. The van der Waals surface area contributed by atoms with Gasteiger partial charge in [0.1, 0.15) is 11.9 Å². The summed E-state index contributed by atoms with van der Waals surface area (Å²) in [7, 11) is 0. The Labute approximate surface area is 183 Å². The Balaban J connectivity index is 1.57. The Bertz CT molecular complexity index is 1130. The van der Waals surface area contributed by atoms with Crippen molar-refractivity contribution in [2.24, 2.45) is 0 Å². The number of rotatable bonds is 3. The van der Waals surface area contributed by atoms with E-state index < -0.39 is 0 Å². The summed E-state index contributed by atoms with van der Waals surface area (Å²) in [5.41, 5.74) is 3.56. The quantitative estimate of drug-likeness (QED) is 0.508. The summed E-state index contributed by atoms with van der Waals surface area (Å²) in [6, 6.07) is 18.2. The van der Waals surface area contributed by atoms with Gasteiger partial charge in [0.15, 0.2) is 11.5 Å². The van der Waals surface area contributed by atoms with Gasteiger partial charge in [0.25, 0.3) is 0 Å². The fourth-order valence-corrected chi connectivity index (χ4v) is 3.98. The zero-order valence-electron chi connectivity index (χ0n) is 15.7. The van der Waals surface area contributed by atoms with E-state index in [-0.39, 0.29) is 24.8 Å². The van der Waals surface area contributed by atoms with E-state index in [1.807, 2.05) is 48.5 Å². The fourth-order valence-electron chi connectivity index (χ4n) is 3.67. The Morgan fingerprint density at radius 1 is 0.867 bits per heavy atom. The molecule has 7 heteroatoms. The molecule has 30 heavy (non-hydrogen) atoms. The van der Waals surface area contributed by atoms with Crippen LogP contribution >= 0.6 is 23.2 Å². The standard InChI is InChI=1S/C23H18Cl2N2O3/c24-15-4-1-13(2-5-15)23-26-18(14-3-8-21-22(9-14)30-12-29-21)11-19(27-23)17-10-16(25)6-7-20(17)28/h1-11,19,23,26-28H,12H2. The molecule has 3 aromatic carbocycles. The molecule has 0 amide bonds. The highest BCUT2D eigenvalue weighted by molar-refractivity contribution is 6.30. The summed E-state index contributed by atoms with van der Waals surface area (Å²) in [6.07, 6.45) is 1.81. The molecule has 0 radical (unpaired) electrons. The molecule has 0 fully saturated rings. The van der Waals surface area contributed by atoms with Gasteiger partial charge in [-0.2, -0.15) is 0 Å². The average molecular weight is 441 g/mol. The van der Waals surface area contributed by atoms with E-state index in [1.165, 1.54) is 0 Å². The van der Waals surface area contributed by atoms with Gasteiger partial charge in [0, 0.05) is 26.9 Å². The van der Waals surface area contributed by atoms with Crippen LogP contribution in [-0.4, -0.2) is 11.9 Å². The summed E-state index contributed by atoms with van der Waals surface area (Å²) >= 11 is 12.3. The number of hydrogen-bond acceptors (Lipinski definition) is 5. The van der Waals surface area contributed by atoms with Gasteiger partial charge < -0.3 is 19.9 Å². The second-order valence-corrected chi connectivity index (χ2v) is 8.00. The van der Waals surface area contributed by atoms with Gasteiger partial charge >= 0.3 is 0 Å². The number of phenolic OH excluding ortho intramolecular Hbond substituents is 1. The molecule has 152 valence electrons. The van der Waals surface area contributed by atoms with Crippen molar-refractivity contribution in [2.75, 3.05) is 6.79 Å². The van der Waals surface area contributed by atoms with Gasteiger partial charge in [0.05, 0.1) is 6.04 Å². The van der Waals surface area contributed by atoms with Crippen LogP contribution in [-0.2, 0) is 0 Å². The highest BCUT2D eigenvalue weighted by atomic mass is 35.5. The molecule has 0 aliphatic carbocycles. The van der Waals surface area contributed by atoms with Crippen molar-refractivity contribution in [3.05, 3.63) is 93.5 Å². The van der Waals surface area contributed by atoms with Crippen molar-refractivity contribution in [3.63, 3.8) is 0 Å². The monoisotopic (exact) mass is 440 g/mol. The van der Waals surface area contributed by atoms with E-state index in [2.05, 4.69) is 10.6 Å². The lowest BCUT2D eigenvalue weighted by Gasteiger charge is -2.33. The molecule has 2 aliphatic heterocycles. The second-order valence-electron chi connectivity index (χ2n) is 7.12. The van der Waals surface area contributed by atoms with Crippen LogP contribution in [0.5, 0.6) is 17.2 Å². The number of halogens is 2. The Kier molecular flexibility index (Phi) is 4.95. The number of phenols is 1. The highest BCUT2D eigenvalue weighted by Crippen LogP contribution is 2.38. The molecule has 3 N–H and O–H groups in total. The van der Waals surface area contributed by atoms with E-state index in [9.17, 15) is 5.11 Å². The number of ether oxygens (including phenoxy) is 2. The lowest BCUT2D eigenvalue weighted by molar-refractivity contribution is 0.174. The van der Waals surface area contributed by atoms with Gasteiger partial charge in [-0.3, -0.25) is 5.32 Å². The van der Waals surface area contributed by atoms with E-state index in [4.69, 9.17) is 32.7 Å². The largest absolute Gasteiger partial charge is 0.508 e. The Morgan fingerprint density at radius 3 is 2.47 bits per heavy atom. The summed E-state index contributed by atoms with van der Waals surface area (Å²) in [5.74, 6) is 1.61. The zero-order valence-corrected chi connectivity index (χ0v) is 17.2. The maximum atomic E-state index is 10.5. The minimum absolute atomic E-state index is 0.176. The van der Waals surface area contributed by atoms with Crippen LogP contribution in [0.25, 0.3) is 5.70 Å². The Hall–Kier alpha value is -2.86. The number of nitrogens with one attached hydrogen (secondary N) is 2. The lowest BCUT2D eigenvalue weighted by atomic mass is 9.97. The van der Waals surface area contributed by atoms with Gasteiger partial charge in [-0.15, -0.1) is 0 Å². The van der Waals surface area contributed by atoms with Crippen LogP contribution in [0.1, 0.15) is 28.9 Å². The van der Waals surface area contributed by atoms with Gasteiger partial charge in [-0.05, 0) is 60.2 Å². The van der Waals surface area contributed by atoms with Crippen LogP contribution in [0.2, 0.25) is 10.0 Å². The number of benzene rings is 3. The first-order valence-electron chi connectivity index (χ1n) is 9.45. The molecule has 0 spiro atoms. The number of hydrogen-bond donors (Lipinski definition) is 3. The van der Waals surface area contributed by atoms with E-state index in [0.29, 0.717) is 21.4 Å². The minimum Gasteiger partial charge on any atom is -0.508 e. The van der Waals surface area contributed by atoms with Crippen LogP contribution in [0.15, 0.2) is 66.7 Å². The van der Waals surface area contributed by atoms with Crippen molar-refractivity contribution >= 4 is 28.9 Å². The fraction of sp³-hybridized carbons (Fsp3) is 0.130. The SMILES string of the molecule is Oc1ccc(Cl)cc1C1C=C(c2ccc3c(c2)OCO3)NC(c2ccc(Cl)cc2)N1. The second kappa shape index (κ2) is 7.76. The number of aromatic hydroxyl groups is 1. The predicted molar refractivity (Wildman–Crippen MR) is 117 cm³/mol. The van der Waals surface area contributed by atoms with Crippen molar-refractivity contribution in [1.82, 2.24) is 10.6 Å². The van der Waals surface area contributed by atoms with Crippen LogP contribution in [0, 0.1) is 0 Å². The molecule has 3 aromatic rings. The van der Waals surface area contributed by atoms with Gasteiger partial charge in [0.2, 0.25) is 6.79 Å². The molecule has 5 nitrogen and oxygen atoms in total. The molecule has 0 bridgehead atoms. The normalized spacial score (nSPS) is 19.9. The van der Waals surface area contributed by atoms with E-state index in [1.54, 1.807) is 18.2 Å². The lowest BCUT2D eigenvalue weighted by Crippen LogP contribution is -2.39. The maximum Gasteiger partial charge on any atom is 0.231 e. The molecule has 0 saturated heterocycles. The van der Waals surface area contributed by atoms with E-state index >= 15 is 0 Å². The summed E-state index contributed by atoms with van der Waals surface area (Å²) < 4.78 is 11.0. The summed E-state index contributed by atoms with van der Waals surface area (Å²) in [5, 5.41) is 18.7. The van der Waals surface area contributed by atoms with Crippen LogP contribution in [0.4, 0.5) is 0 Å². The smallest absolute Gasteiger partial charge is 0.231 e. The molecule has 2 atom stereocenters. The Morgan fingerprint density at radius 2 is 1.63 bits per heavy atom. The summed E-state index contributed by atoms with van der Waals surface area (Å²) in [6.45, 7) is 0.221. The van der Waals surface area contributed by atoms with Gasteiger partial charge in [-0.1, -0.05) is 35.3 Å². The predicted octanol–water partition coefficient (Wildman–Crippen LogP) is 5.40.